The van der Waals surface area contributed by atoms with Crippen LogP contribution in [0.5, 0.6) is 0 Å². The highest BCUT2D eigenvalue weighted by atomic mass is 15.1. The summed E-state index contributed by atoms with van der Waals surface area (Å²) in [7, 11) is 0. The largest absolute Gasteiger partial charge is 0.256 e. The molecular weight excluding hydrogens is 496 g/mol. The normalized spacial score (nSPS) is 11.6. The molecule has 0 aliphatic rings. The van der Waals surface area contributed by atoms with Gasteiger partial charge in [0, 0.05) is 6.42 Å². The first-order valence-electron chi connectivity index (χ1n) is 19.4. The van der Waals surface area contributed by atoms with Gasteiger partial charge in [-0.15, -0.1) is 0 Å². The molecule has 0 amide bonds. The molecule has 1 heterocycles. The summed E-state index contributed by atoms with van der Waals surface area (Å²) < 4.78 is 5.24. The zero-order valence-corrected chi connectivity index (χ0v) is 28.9. The van der Waals surface area contributed by atoms with Crippen LogP contribution in [0.25, 0.3) is 0 Å². The van der Waals surface area contributed by atoms with E-state index in [1.165, 1.54) is 212 Å². The Kier molecular flexibility index (Phi) is 28.6. The van der Waals surface area contributed by atoms with Crippen molar-refractivity contribution in [3.63, 3.8) is 0 Å². The van der Waals surface area contributed by atoms with Crippen LogP contribution in [0.2, 0.25) is 0 Å². The minimum Gasteiger partial charge on any atom is -0.234 e. The van der Waals surface area contributed by atoms with Crippen molar-refractivity contribution in [2.24, 2.45) is 0 Å². The Morgan fingerprint density at radius 3 is 1.17 bits per heavy atom. The minimum atomic E-state index is 1.23. The van der Waals surface area contributed by atoms with E-state index in [1.807, 2.05) is 0 Å². The maximum atomic E-state index is 2.62. The van der Waals surface area contributed by atoms with Gasteiger partial charge in [0.05, 0.1) is 13.1 Å². The Morgan fingerprint density at radius 2 is 0.756 bits per heavy atom. The summed E-state index contributed by atoms with van der Waals surface area (Å²) in [5, 5.41) is 0. The van der Waals surface area contributed by atoms with Gasteiger partial charge in [-0.2, -0.15) is 0 Å². The molecule has 0 saturated carbocycles. The number of hydrogen-bond donors (Lipinski definition) is 0. The highest BCUT2D eigenvalue weighted by molar-refractivity contribution is 4.84. The molecule has 0 fully saturated rings. The number of imidazole rings is 1. The molecule has 0 aliphatic carbocycles. The topological polar surface area (TPSA) is 8.81 Å². The molecule has 1 aromatic rings. The molecular formula is C39H77N2+. The van der Waals surface area contributed by atoms with Crippen LogP contribution in [0.15, 0.2) is 12.4 Å². The van der Waals surface area contributed by atoms with E-state index >= 15 is 0 Å². The van der Waals surface area contributed by atoms with E-state index in [4.69, 9.17) is 0 Å². The first-order valence-corrected chi connectivity index (χ1v) is 19.4. The molecule has 2 heteroatoms. The third-order valence-electron chi connectivity index (χ3n) is 9.35. The average molecular weight is 574 g/mol. The van der Waals surface area contributed by atoms with Gasteiger partial charge in [0.2, 0.25) is 0 Å². The van der Waals surface area contributed by atoms with E-state index in [0.717, 1.165) is 0 Å². The smallest absolute Gasteiger partial charge is 0.234 e. The Balaban J connectivity index is 2.18. The maximum absolute atomic E-state index is 2.62. The lowest BCUT2D eigenvalue weighted by Crippen LogP contribution is -2.37. The molecule has 0 aliphatic heterocycles. The van der Waals surface area contributed by atoms with Gasteiger partial charge in [0.25, 0.3) is 5.82 Å². The van der Waals surface area contributed by atoms with Crippen molar-refractivity contribution in [2.75, 3.05) is 0 Å². The second-order valence-corrected chi connectivity index (χ2v) is 13.4. The summed E-state index contributed by atoms with van der Waals surface area (Å²) in [6, 6.07) is 0. The van der Waals surface area contributed by atoms with Crippen molar-refractivity contribution < 1.29 is 4.57 Å². The molecule has 242 valence electrons. The van der Waals surface area contributed by atoms with Crippen LogP contribution in [0, 0.1) is 0 Å². The van der Waals surface area contributed by atoms with Crippen molar-refractivity contribution in [1.29, 1.82) is 0 Å². The molecule has 0 radical (unpaired) electrons. The summed E-state index contributed by atoms with van der Waals surface area (Å²) in [5.41, 5.74) is 0. The molecule has 0 atom stereocenters. The number of hydrogen-bond acceptors (Lipinski definition) is 0. The van der Waals surface area contributed by atoms with Crippen LogP contribution in [-0.4, -0.2) is 4.57 Å². The quantitative estimate of drug-likeness (QED) is 0.0584. The lowest BCUT2D eigenvalue weighted by molar-refractivity contribution is -0.704. The van der Waals surface area contributed by atoms with Crippen LogP contribution in [-0.2, 0) is 19.5 Å². The van der Waals surface area contributed by atoms with Crippen LogP contribution in [0.3, 0.4) is 0 Å². The van der Waals surface area contributed by atoms with E-state index in [-0.39, 0.29) is 0 Å². The molecule has 2 nitrogen and oxygen atoms in total. The van der Waals surface area contributed by atoms with E-state index in [2.05, 4.69) is 42.3 Å². The number of aromatic nitrogens is 2. The molecule has 0 saturated heterocycles. The Bertz CT molecular complexity index is 634. The third kappa shape index (κ3) is 23.4. The van der Waals surface area contributed by atoms with Gasteiger partial charge >= 0.3 is 0 Å². The fourth-order valence-electron chi connectivity index (χ4n) is 6.50. The molecule has 1 aromatic heterocycles. The Morgan fingerprint density at radius 1 is 0.415 bits per heavy atom. The molecule has 41 heavy (non-hydrogen) atoms. The predicted molar refractivity (Wildman–Crippen MR) is 184 cm³/mol. The van der Waals surface area contributed by atoms with Crippen molar-refractivity contribution in [1.82, 2.24) is 4.57 Å². The summed E-state index contributed by atoms with van der Waals surface area (Å²) >= 11 is 0. The van der Waals surface area contributed by atoms with Crippen molar-refractivity contribution in [2.45, 2.75) is 233 Å². The first kappa shape index (κ1) is 38.2. The van der Waals surface area contributed by atoms with E-state index in [0.29, 0.717) is 0 Å². The summed E-state index contributed by atoms with van der Waals surface area (Å²) in [6.07, 6.45) is 48.9. The summed E-state index contributed by atoms with van der Waals surface area (Å²) in [6.45, 7) is 9.39. The number of nitrogens with zero attached hydrogens (tertiary/aromatic N) is 2. The third-order valence-corrected chi connectivity index (χ3v) is 9.35. The molecule has 0 N–H and O–H groups in total. The molecule has 1 rings (SSSR count). The molecule has 0 unspecified atom stereocenters. The van der Waals surface area contributed by atoms with Crippen LogP contribution in [0.4, 0.5) is 0 Å². The van der Waals surface area contributed by atoms with E-state index < -0.39 is 0 Å². The predicted octanol–water partition coefficient (Wildman–Crippen LogP) is 13.1. The van der Waals surface area contributed by atoms with Gasteiger partial charge in [-0.3, -0.25) is 0 Å². The minimum absolute atomic E-state index is 1.23. The van der Waals surface area contributed by atoms with E-state index in [1.54, 1.807) is 5.82 Å². The maximum Gasteiger partial charge on any atom is 0.256 e. The van der Waals surface area contributed by atoms with Gasteiger partial charge in [-0.25, -0.2) is 9.13 Å². The van der Waals surface area contributed by atoms with Crippen molar-refractivity contribution in [3.05, 3.63) is 18.2 Å². The highest BCUT2D eigenvalue weighted by Crippen LogP contribution is 2.15. The van der Waals surface area contributed by atoms with Gasteiger partial charge in [0.15, 0.2) is 0 Å². The molecule has 0 spiro atoms. The van der Waals surface area contributed by atoms with Crippen LogP contribution in [0.1, 0.15) is 219 Å². The summed E-state index contributed by atoms with van der Waals surface area (Å²) in [4.78, 5) is 0. The van der Waals surface area contributed by atoms with Crippen LogP contribution < -0.4 is 4.57 Å². The standard InChI is InChI=1S/C39H77N2/c1-4-7-10-13-16-17-18-19-20-21-22-23-24-25-26-28-31-34-39-40(35-32-29-15-12-9-6-3)37-38-41(39)36-33-30-27-14-11-8-5-2/h37-38H,4-36H2,1-3H3/q+1. The van der Waals surface area contributed by atoms with Gasteiger partial charge in [-0.05, 0) is 32.1 Å². The number of aryl methyl sites for hydroxylation is 2. The van der Waals surface area contributed by atoms with Crippen LogP contribution >= 0.6 is 0 Å². The fourth-order valence-corrected chi connectivity index (χ4v) is 6.50. The van der Waals surface area contributed by atoms with Gasteiger partial charge in [0.1, 0.15) is 12.4 Å². The number of rotatable bonds is 33. The zero-order valence-electron chi connectivity index (χ0n) is 28.9. The Hall–Kier alpha value is -0.790. The second kappa shape index (κ2) is 30.7. The van der Waals surface area contributed by atoms with Gasteiger partial charge < -0.3 is 0 Å². The van der Waals surface area contributed by atoms with Crippen molar-refractivity contribution in [3.8, 4) is 0 Å². The lowest BCUT2D eigenvalue weighted by atomic mass is 10.0. The second-order valence-electron chi connectivity index (χ2n) is 13.4. The molecule has 0 aromatic carbocycles. The SMILES string of the molecule is CCCCCCCCCCCCCCCCCCCc1n(CCCCCCCCC)cc[n+]1CCCCCCCC. The Labute approximate surface area is 259 Å². The summed E-state index contributed by atoms with van der Waals surface area (Å²) in [5.74, 6) is 1.62. The number of unbranched alkanes of at least 4 members (excludes halogenated alkanes) is 27. The van der Waals surface area contributed by atoms with E-state index in [9.17, 15) is 0 Å². The van der Waals surface area contributed by atoms with Gasteiger partial charge in [-0.1, -0.05) is 181 Å². The highest BCUT2D eigenvalue weighted by Gasteiger charge is 2.16. The fraction of sp³-hybridized carbons (Fsp3) is 0.923. The van der Waals surface area contributed by atoms with Crippen molar-refractivity contribution >= 4 is 0 Å². The first-order chi connectivity index (χ1) is 20.3. The lowest BCUT2D eigenvalue weighted by Gasteiger charge is -2.07. The zero-order chi connectivity index (χ0) is 29.5. The molecule has 0 bridgehead atoms. The monoisotopic (exact) mass is 574 g/mol. The average Bonchev–Trinajstić information content (AvgIpc) is 3.37.